The van der Waals surface area contributed by atoms with E-state index in [4.69, 9.17) is 5.73 Å². The van der Waals surface area contributed by atoms with Gasteiger partial charge in [0.25, 0.3) is 0 Å². The lowest BCUT2D eigenvalue weighted by atomic mass is 10.3. The predicted octanol–water partition coefficient (Wildman–Crippen LogP) is 2.82. The van der Waals surface area contributed by atoms with Gasteiger partial charge in [-0.2, -0.15) is 0 Å². The van der Waals surface area contributed by atoms with Gasteiger partial charge in [0.2, 0.25) is 10.0 Å². The van der Waals surface area contributed by atoms with E-state index in [9.17, 15) is 12.8 Å². The molecule has 20 heavy (non-hydrogen) atoms. The Labute approximate surface area is 121 Å². The van der Waals surface area contributed by atoms with Gasteiger partial charge in [0.1, 0.15) is 5.82 Å². The van der Waals surface area contributed by atoms with Crippen molar-refractivity contribution in [2.45, 2.75) is 24.8 Å². The van der Waals surface area contributed by atoms with Gasteiger partial charge < -0.3 is 5.73 Å². The molecule has 1 aromatic carbocycles. The fourth-order valence-corrected chi connectivity index (χ4v) is 3.95. The van der Waals surface area contributed by atoms with Crippen molar-refractivity contribution in [3.05, 3.63) is 45.9 Å². The Bertz CT molecular complexity index is 726. The minimum atomic E-state index is -3.73. The van der Waals surface area contributed by atoms with Gasteiger partial charge in [-0.25, -0.2) is 17.5 Å². The second-order valence-corrected chi connectivity index (χ2v) is 7.51. The third-order valence-corrected chi connectivity index (χ3v) is 5.52. The first-order valence-corrected chi connectivity index (χ1v) is 8.23. The highest BCUT2D eigenvalue weighted by Gasteiger charge is 2.20. The second kappa shape index (κ2) is 5.51. The molecule has 1 unspecified atom stereocenters. The van der Waals surface area contributed by atoms with Gasteiger partial charge in [-0.05, 0) is 44.2 Å². The van der Waals surface area contributed by atoms with E-state index in [-0.39, 0.29) is 16.6 Å². The van der Waals surface area contributed by atoms with Crippen LogP contribution in [0.25, 0.3) is 0 Å². The average Bonchev–Trinajstić information content (AvgIpc) is 2.79. The maximum absolute atomic E-state index is 13.1. The first-order chi connectivity index (χ1) is 9.29. The molecule has 0 saturated heterocycles. The standard InChI is InChI=1S/C13H15FN2O2S2/c1-8-3-6-13(19-8)9(2)16-20(17,18)10-4-5-11(14)12(15)7-10/h3-7,9,16H,15H2,1-2H3. The molecule has 2 aromatic rings. The van der Waals surface area contributed by atoms with Crippen LogP contribution in [0.5, 0.6) is 0 Å². The first kappa shape index (κ1) is 15.0. The zero-order chi connectivity index (χ0) is 14.9. The summed E-state index contributed by atoms with van der Waals surface area (Å²) < 4.78 is 40.0. The number of nitrogens with two attached hydrogens (primary N) is 1. The summed E-state index contributed by atoms with van der Waals surface area (Å²) in [6.07, 6.45) is 0. The maximum atomic E-state index is 13.1. The number of nitrogens with one attached hydrogen (secondary N) is 1. The molecule has 0 amide bonds. The van der Waals surface area contributed by atoms with Crippen LogP contribution in [0.1, 0.15) is 22.7 Å². The SMILES string of the molecule is Cc1ccc(C(C)NS(=O)(=O)c2ccc(F)c(N)c2)s1. The van der Waals surface area contributed by atoms with Crippen LogP contribution in [0.4, 0.5) is 10.1 Å². The van der Waals surface area contributed by atoms with Crippen LogP contribution in [0, 0.1) is 12.7 Å². The molecule has 3 N–H and O–H groups in total. The van der Waals surface area contributed by atoms with Crippen LogP contribution in [0.2, 0.25) is 0 Å². The van der Waals surface area contributed by atoms with Crippen LogP contribution in [0.15, 0.2) is 35.2 Å². The number of anilines is 1. The first-order valence-electron chi connectivity index (χ1n) is 5.93. The van der Waals surface area contributed by atoms with Crippen molar-refractivity contribution in [2.24, 2.45) is 0 Å². The minimum absolute atomic E-state index is 0.0449. The molecular formula is C13H15FN2O2S2. The molecule has 4 nitrogen and oxygen atoms in total. The van der Waals surface area contributed by atoms with E-state index in [1.807, 2.05) is 19.1 Å². The molecule has 0 spiro atoms. The smallest absolute Gasteiger partial charge is 0.241 e. The highest BCUT2D eigenvalue weighted by Crippen LogP contribution is 2.24. The van der Waals surface area contributed by atoms with Crippen molar-refractivity contribution in [3.63, 3.8) is 0 Å². The van der Waals surface area contributed by atoms with Crippen molar-refractivity contribution in [1.29, 1.82) is 0 Å². The number of aryl methyl sites for hydroxylation is 1. The van der Waals surface area contributed by atoms with E-state index in [1.54, 1.807) is 6.92 Å². The van der Waals surface area contributed by atoms with E-state index in [0.29, 0.717) is 0 Å². The molecule has 1 atom stereocenters. The van der Waals surface area contributed by atoms with Gasteiger partial charge in [0.15, 0.2) is 0 Å². The predicted molar refractivity (Wildman–Crippen MR) is 78.6 cm³/mol. The summed E-state index contributed by atoms with van der Waals surface area (Å²) in [5.41, 5.74) is 5.21. The van der Waals surface area contributed by atoms with Gasteiger partial charge in [0, 0.05) is 9.75 Å². The van der Waals surface area contributed by atoms with E-state index in [0.717, 1.165) is 21.9 Å². The Morgan fingerprint density at radius 3 is 2.55 bits per heavy atom. The Balaban J connectivity index is 2.24. The molecular weight excluding hydrogens is 299 g/mol. The molecule has 0 bridgehead atoms. The fourth-order valence-electron chi connectivity index (χ4n) is 1.73. The van der Waals surface area contributed by atoms with Crippen LogP contribution < -0.4 is 10.5 Å². The number of nitrogen functional groups attached to an aromatic ring is 1. The third kappa shape index (κ3) is 3.17. The number of thiophene rings is 1. The topological polar surface area (TPSA) is 72.2 Å². The zero-order valence-corrected chi connectivity index (χ0v) is 12.7. The molecule has 0 radical (unpaired) electrons. The lowest BCUT2D eigenvalue weighted by Gasteiger charge is -2.13. The lowest BCUT2D eigenvalue weighted by Crippen LogP contribution is -2.26. The van der Waals surface area contributed by atoms with E-state index >= 15 is 0 Å². The Hall–Kier alpha value is -1.44. The summed E-state index contributed by atoms with van der Waals surface area (Å²) in [6, 6.07) is 6.81. The summed E-state index contributed by atoms with van der Waals surface area (Å²) in [5.74, 6) is -0.633. The van der Waals surface area contributed by atoms with Crippen LogP contribution in [-0.2, 0) is 10.0 Å². The normalized spacial score (nSPS) is 13.3. The minimum Gasteiger partial charge on any atom is -0.396 e. The zero-order valence-electron chi connectivity index (χ0n) is 11.1. The molecule has 2 rings (SSSR count). The van der Waals surface area contributed by atoms with Crippen molar-refractivity contribution >= 4 is 27.0 Å². The quantitative estimate of drug-likeness (QED) is 0.852. The Morgan fingerprint density at radius 1 is 1.30 bits per heavy atom. The summed E-state index contributed by atoms with van der Waals surface area (Å²) in [7, 11) is -3.73. The number of sulfonamides is 1. The highest BCUT2D eigenvalue weighted by atomic mass is 32.2. The molecule has 0 aliphatic carbocycles. The number of benzene rings is 1. The van der Waals surface area contributed by atoms with Gasteiger partial charge >= 0.3 is 0 Å². The lowest BCUT2D eigenvalue weighted by molar-refractivity contribution is 0.568. The second-order valence-electron chi connectivity index (χ2n) is 4.47. The summed E-state index contributed by atoms with van der Waals surface area (Å²) in [5, 5.41) is 0. The Kier molecular flexibility index (Phi) is 4.12. The van der Waals surface area contributed by atoms with E-state index < -0.39 is 15.8 Å². The number of rotatable bonds is 4. The highest BCUT2D eigenvalue weighted by molar-refractivity contribution is 7.89. The number of hydrogen-bond donors (Lipinski definition) is 2. The largest absolute Gasteiger partial charge is 0.396 e. The van der Waals surface area contributed by atoms with Gasteiger partial charge in [0.05, 0.1) is 16.6 Å². The van der Waals surface area contributed by atoms with E-state index in [2.05, 4.69) is 4.72 Å². The van der Waals surface area contributed by atoms with Gasteiger partial charge in [-0.15, -0.1) is 11.3 Å². The maximum Gasteiger partial charge on any atom is 0.241 e. The number of halogens is 1. The van der Waals surface area contributed by atoms with E-state index in [1.165, 1.54) is 17.4 Å². The molecule has 108 valence electrons. The van der Waals surface area contributed by atoms with Crippen molar-refractivity contribution in [3.8, 4) is 0 Å². The van der Waals surface area contributed by atoms with Gasteiger partial charge in [-0.3, -0.25) is 0 Å². The molecule has 1 aromatic heterocycles. The van der Waals surface area contributed by atoms with Crippen LogP contribution in [0.3, 0.4) is 0 Å². The third-order valence-electron chi connectivity index (χ3n) is 2.80. The summed E-state index contributed by atoms with van der Waals surface area (Å²) in [6.45, 7) is 3.71. The summed E-state index contributed by atoms with van der Waals surface area (Å²) in [4.78, 5) is 1.98. The Morgan fingerprint density at radius 2 is 2.00 bits per heavy atom. The van der Waals surface area contributed by atoms with Crippen molar-refractivity contribution in [1.82, 2.24) is 4.72 Å². The van der Waals surface area contributed by atoms with Crippen LogP contribution in [-0.4, -0.2) is 8.42 Å². The molecule has 0 saturated carbocycles. The monoisotopic (exact) mass is 314 g/mol. The molecule has 0 fully saturated rings. The molecule has 1 heterocycles. The molecule has 0 aliphatic heterocycles. The summed E-state index contributed by atoms with van der Waals surface area (Å²) >= 11 is 1.53. The van der Waals surface area contributed by atoms with Crippen molar-refractivity contribution in [2.75, 3.05) is 5.73 Å². The van der Waals surface area contributed by atoms with Crippen molar-refractivity contribution < 1.29 is 12.8 Å². The molecule has 7 heteroatoms. The average molecular weight is 314 g/mol. The molecule has 0 aliphatic rings. The number of hydrogen-bond acceptors (Lipinski definition) is 4. The van der Waals surface area contributed by atoms with Gasteiger partial charge in [-0.1, -0.05) is 0 Å². The van der Waals surface area contributed by atoms with Crippen LogP contribution >= 0.6 is 11.3 Å². The fraction of sp³-hybridized carbons (Fsp3) is 0.231.